The van der Waals surface area contributed by atoms with Gasteiger partial charge in [0.05, 0.1) is 12.0 Å². The van der Waals surface area contributed by atoms with Crippen molar-refractivity contribution in [3.63, 3.8) is 0 Å². The van der Waals surface area contributed by atoms with Gasteiger partial charge in [-0.05, 0) is 43.4 Å². The third-order valence-corrected chi connectivity index (χ3v) is 6.54. The summed E-state index contributed by atoms with van der Waals surface area (Å²) in [5.41, 5.74) is 0.331. The first kappa shape index (κ1) is 19.4. The van der Waals surface area contributed by atoms with E-state index in [9.17, 15) is 19.2 Å². The summed E-state index contributed by atoms with van der Waals surface area (Å²) in [6.45, 7) is 2.05. The lowest BCUT2D eigenvalue weighted by Crippen LogP contribution is -2.51. The van der Waals surface area contributed by atoms with E-state index in [0.29, 0.717) is 19.4 Å². The molecule has 154 valence electrons. The predicted molar refractivity (Wildman–Crippen MR) is 102 cm³/mol. The fourth-order valence-corrected chi connectivity index (χ4v) is 5.04. The maximum atomic E-state index is 13.2. The smallest absolute Gasteiger partial charge is 0.325 e. The number of aromatic nitrogens is 1. The van der Waals surface area contributed by atoms with Gasteiger partial charge in [0.2, 0.25) is 11.8 Å². The molecular formula is C20H25N5O4. The first-order valence-electron chi connectivity index (χ1n) is 10.0. The van der Waals surface area contributed by atoms with Crippen LogP contribution in [0.3, 0.4) is 0 Å². The van der Waals surface area contributed by atoms with Gasteiger partial charge in [0.1, 0.15) is 6.54 Å². The van der Waals surface area contributed by atoms with E-state index in [2.05, 4.69) is 15.6 Å². The molecule has 4 heterocycles. The van der Waals surface area contributed by atoms with Crippen LogP contribution in [0.4, 0.5) is 4.79 Å². The molecule has 2 N–H and O–H groups in total. The van der Waals surface area contributed by atoms with E-state index in [1.165, 1.54) is 0 Å². The maximum absolute atomic E-state index is 13.2. The van der Waals surface area contributed by atoms with Gasteiger partial charge in [0.25, 0.3) is 5.91 Å². The molecular weight excluding hydrogens is 374 g/mol. The lowest BCUT2D eigenvalue weighted by atomic mass is 9.71. The van der Waals surface area contributed by atoms with E-state index < -0.39 is 17.4 Å². The molecule has 3 aliphatic heterocycles. The van der Waals surface area contributed by atoms with Crippen molar-refractivity contribution >= 4 is 23.8 Å². The first-order valence-corrected chi connectivity index (χ1v) is 10.0. The molecule has 1 aromatic heterocycles. The second kappa shape index (κ2) is 7.46. The molecule has 2 bridgehead atoms. The number of imide groups is 1. The van der Waals surface area contributed by atoms with Crippen molar-refractivity contribution in [2.45, 2.75) is 51.2 Å². The quantitative estimate of drug-likeness (QED) is 0.673. The number of amides is 5. The highest BCUT2D eigenvalue weighted by atomic mass is 16.2. The molecule has 5 amide bonds. The molecule has 0 saturated carbocycles. The van der Waals surface area contributed by atoms with Crippen LogP contribution in [0.25, 0.3) is 0 Å². The molecule has 0 radical (unpaired) electrons. The Kier molecular flexibility index (Phi) is 4.97. The summed E-state index contributed by atoms with van der Waals surface area (Å²) < 4.78 is 0. The average Bonchev–Trinajstić information content (AvgIpc) is 3.40. The lowest BCUT2D eigenvalue weighted by Gasteiger charge is -2.35. The fraction of sp³-hybridized carbons (Fsp3) is 0.550. The minimum atomic E-state index is -0.636. The van der Waals surface area contributed by atoms with Gasteiger partial charge in [-0.15, -0.1) is 0 Å². The van der Waals surface area contributed by atoms with Gasteiger partial charge in [0, 0.05) is 31.0 Å². The Bertz CT molecular complexity index is 829. The van der Waals surface area contributed by atoms with Gasteiger partial charge in [-0.1, -0.05) is 6.92 Å². The number of urea groups is 1. The molecule has 3 atom stereocenters. The van der Waals surface area contributed by atoms with Crippen LogP contribution in [0.2, 0.25) is 0 Å². The normalized spacial score (nSPS) is 28.0. The SMILES string of the molecule is CC[C@]1(C(=O)NCc2ccncc2)C[C@H]2CC[C@@H]1N2C(=O)CN1C(=O)CNC1=O. The summed E-state index contributed by atoms with van der Waals surface area (Å²) in [7, 11) is 0. The number of carbonyl (C=O) groups is 4. The number of hydrogen-bond donors (Lipinski definition) is 2. The summed E-state index contributed by atoms with van der Waals surface area (Å²) in [5, 5.41) is 5.46. The second-order valence-corrected chi connectivity index (χ2v) is 7.94. The predicted octanol–water partition coefficient (Wildman–Crippen LogP) is 0.409. The largest absolute Gasteiger partial charge is 0.351 e. The van der Waals surface area contributed by atoms with Crippen molar-refractivity contribution in [1.82, 2.24) is 25.4 Å². The molecule has 0 aromatic carbocycles. The van der Waals surface area contributed by atoms with E-state index in [4.69, 9.17) is 0 Å². The molecule has 0 aliphatic carbocycles. The number of nitrogens with one attached hydrogen (secondary N) is 2. The van der Waals surface area contributed by atoms with Crippen LogP contribution >= 0.6 is 0 Å². The average molecular weight is 399 g/mol. The van der Waals surface area contributed by atoms with Crippen molar-refractivity contribution in [3.05, 3.63) is 30.1 Å². The zero-order valence-corrected chi connectivity index (χ0v) is 16.4. The summed E-state index contributed by atoms with van der Waals surface area (Å²) in [4.78, 5) is 56.5. The third kappa shape index (κ3) is 3.24. The number of pyridine rings is 1. The van der Waals surface area contributed by atoms with Crippen LogP contribution in [-0.4, -0.2) is 63.7 Å². The third-order valence-electron chi connectivity index (χ3n) is 6.54. The summed E-state index contributed by atoms with van der Waals surface area (Å²) in [6.07, 6.45) is 6.21. The second-order valence-electron chi connectivity index (χ2n) is 7.94. The number of carbonyl (C=O) groups excluding carboxylic acids is 4. The van der Waals surface area contributed by atoms with Crippen LogP contribution in [0.1, 0.15) is 38.2 Å². The zero-order chi connectivity index (χ0) is 20.6. The van der Waals surface area contributed by atoms with Crippen molar-refractivity contribution in [1.29, 1.82) is 0 Å². The molecule has 9 heteroatoms. The zero-order valence-electron chi connectivity index (χ0n) is 16.4. The van der Waals surface area contributed by atoms with E-state index in [-0.39, 0.29) is 37.0 Å². The molecule has 1 aromatic rings. The van der Waals surface area contributed by atoms with E-state index in [0.717, 1.165) is 23.3 Å². The minimum absolute atomic E-state index is 0.0279. The maximum Gasteiger partial charge on any atom is 0.325 e. The van der Waals surface area contributed by atoms with Crippen molar-refractivity contribution in [2.75, 3.05) is 13.1 Å². The molecule has 29 heavy (non-hydrogen) atoms. The number of nitrogens with zero attached hydrogens (tertiary/aromatic N) is 3. The van der Waals surface area contributed by atoms with Crippen molar-refractivity contribution in [3.8, 4) is 0 Å². The van der Waals surface area contributed by atoms with Crippen molar-refractivity contribution in [2.24, 2.45) is 5.41 Å². The highest BCUT2D eigenvalue weighted by Gasteiger charge is 2.60. The molecule has 3 fully saturated rings. The highest BCUT2D eigenvalue weighted by Crippen LogP contribution is 2.52. The van der Waals surface area contributed by atoms with Crippen LogP contribution in [0.5, 0.6) is 0 Å². The highest BCUT2D eigenvalue weighted by molar-refractivity contribution is 6.04. The van der Waals surface area contributed by atoms with E-state index in [1.54, 1.807) is 17.3 Å². The van der Waals surface area contributed by atoms with Gasteiger partial charge in [-0.25, -0.2) is 4.79 Å². The Labute approximate surface area is 168 Å². The van der Waals surface area contributed by atoms with Gasteiger partial charge < -0.3 is 15.5 Å². The monoisotopic (exact) mass is 399 g/mol. The Hall–Kier alpha value is -2.97. The van der Waals surface area contributed by atoms with Gasteiger partial charge in [-0.2, -0.15) is 0 Å². The first-order chi connectivity index (χ1) is 14.0. The molecule has 0 spiro atoms. The minimum Gasteiger partial charge on any atom is -0.351 e. The molecule has 4 rings (SSSR count). The van der Waals surface area contributed by atoms with Crippen LogP contribution in [-0.2, 0) is 20.9 Å². The Morgan fingerprint density at radius 3 is 2.69 bits per heavy atom. The molecule has 3 aliphatic rings. The Morgan fingerprint density at radius 2 is 2.03 bits per heavy atom. The Balaban J connectivity index is 1.47. The standard InChI is InChI=1S/C20H25N5O4/c1-2-20(18(28)22-10-13-5-7-21-8-6-13)9-14-3-4-15(20)25(14)17(27)12-24-16(26)11-23-19(24)29/h5-8,14-15H,2-4,9-12H2,1H3,(H,22,28)(H,23,29)/t14-,15+,20+/m1/s1. The van der Waals surface area contributed by atoms with E-state index in [1.807, 2.05) is 19.1 Å². The number of fused-ring (bicyclic) bond motifs is 2. The summed E-state index contributed by atoms with van der Waals surface area (Å²) in [6, 6.07) is 2.94. The van der Waals surface area contributed by atoms with Crippen LogP contribution in [0.15, 0.2) is 24.5 Å². The number of hydrogen-bond acceptors (Lipinski definition) is 5. The molecule has 0 unspecified atom stereocenters. The summed E-state index contributed by atoms with van der Waals surface area (Å²) >= 11 is 0. The van der Waals surface area contributed by atoms with Crippen LogP contribution < -0.4 is 10.6 Å². The molecule has 3 saturated heterocycles. The number of rotatable bonds is 6. The van der Waals surface area contributed by atoms with Crippen LogP contribution in [0, 0.1) is 5.41 Å². The fourth-order valence-electron chi connectivity index (χ4n) is 5.04. The van der Waals surface area contributed by atoms with Gasteiger partial charge >= 0.3 is 6.03 Å². The van der Waals surface area contributed by atoms with Gasteiger partial charge in [0.15, 0.2) is 0 Å². The molecule has 9 nitrogen and oxygen atoms in total. The lowest BCUT2D eigenvalue weighted by molar-refractivity contribution is -0.140. The van der Waals surface area contributed by atoms with Gasteiger partial charge in [-0.3, -0.25) is 24.3 Å². The Morgan fingerprint density at radius 1 is 1.28 bits per heavy atom. The van der Waals surface area contributed by atoms with E-state index >= 15 is 0 Å². The van der Waals surface area contributed by atoms with Crippen molar-refractivity contribution < 1.29 is 19.2 Å². The summed E-state index contributed by atoms with van der Waals surface area (Å²) in [5.74, 6) is -0.705. The topological polar surface area (TPSA) is 112 Å².